The molecule has 0 N–H and O–H groups in total. The average Bonchev–Trinajstić information content (AvgIpc) is 2.90. The van der Waals surface area contributed by atoms with Crippen molar-refractivity contribution in [1.82, 2.24) is 4.90 Å². The molecule has 1 saturated carbocycles. The maximum absolute atomic E-state index is 2.65. The van der Waals surface area contributed by atoms with E-state index < -0.39 is 0 Å². The Bertz CT molecular complexity index is 483. The predicted molar refractivity (Wildman–Crippen MR) is 78.2 cm³/mol. The summed E-state index contributed by atoms with van der Waals surface area (Å²) < 4.78 is 0.660. The number of alkyl halides is 1. The maximum atomic E-state index is 2.65. The summed E-state index contributed by atoms with van der Waals surface area (Å²) in [4.78, 5) is 2.58. The van der Waals surface area contributed by atoms with E-state index in [1.54, 1.807) is 0 Å². The van der Waals surface area contributed by atoms with E-state index in [-0.39, 0.29) is 0 Å². The number of nitrogens with zero attached hydrogens (tertiary/aromatic N) is 1. The summed E-state index contributed by atoms with van der Waals surface area (Å²) in [6.07, 6.45) is 6.25. The zero-order chi connectivity index (χ0) is 11.6. The van der Waals surface area contributed by atoms with E-state index in [4.69, 9.17) is 0 Å². The first kappa shape index (κ1) is 10.6. The van der Waals surface area contributed by atoms with Crippen LogP contribution in [0.25, 0.3) is 0 Å². The molecule has 2 aliphatic carbocycles. The van der Waals surface area contributed by atoms with Crippen molar-refractivity contribution in [1.29, 1.82) is 0 Å². The molecule has 0 aromatic heterocycles. The molecule has 6 atom stereocenters. The summed E-state index contributed by atoms with van der Waals surface area (Å²) in [5.74, 6) is 1.66. The molecule has 1 aliphatic heterocycles. The Morgan fingerprint density at radius 2 is 2.12 bits per heavy atom. The van der Waals surface area contributed by atoms with Crippen molar-refractivity contribution in [3.63, 3.8) is 0 Å². The molecule has 1 nitrogen and oxygen atoms in total. The van der Waals surface area contributed by atoms with Crippen LogP contribution >= 0.6 is 22.6 Å². The van der Waals surface area contributed by atoms with Gasteiger partial charge in [0, 0.05) is 15.9 Å². The molecule has 1 spiro atoms. The second-order valence-corrected chi connectivity index (χ2v) is 6.96. The van der Waals surface area contributed by atoms with E-state index in [0.29, 0.717) is 9.46 Å². The van der Waals surface area contributed by atoms with Gasteiger partial charge in [0.05, 0.1) is 5.54 Å². The van der Waals surface area contributed by atoms with E-state index >= 15 is 0 Å². The summed E-state index contributed by atoms with van der Waals surface area (Å²) in [5, 5.41) is 0. The summed E-state index contributed by atoms with van der Waals surface area (Å²) >= 11 is 2.65. The number of piperidine rings is 1. The Balaban J connectivity index is 1.62. The smallest absolute Gasteiger partial charge is 0.0615 e. The molecule has 6 unspecified atom stereocenters. The molecule has 2 heteroatoms. The summed E-state index contributed by atoms with van der Waals surface area (Å²) in [6.45, 7) is 0. The second kappa shape index (κ2) is 3.35. The van der Waals surface area contributed by atoms with Gasteiger partial charge in [0.2, 0.25) is 0 Å². The molecule has 1 saturated heterocycles. The Labute approximate surface area is 116 Å². The van der Waals surface area contributed by atoms with Crippen LogP contribution in [-0.2, 0) is 0 Å². The molecule has 0 bridgehead atoms. The average molecular weight is 337 g/mol. The highest BCUT2D eigenvalue weighted by Gasteiger charge is 2.73. The second-order valence-electron chi connectivity index (χ2n) is 5.62. The van der Waals surface area contributed by atoms with Crippen LogP contribution < -0.4 is 0 Å². The Morgan fingerprint density at radius 3 is 2.65 bits per heavy atom. The van der Waals surface area contributed by atoms with Crippen LogP contribution in [0, 0.1) is 11.8 Å². The molecule has 0 radical (unpaired) electrons. The van der Waals surface area contributed by atoms with Crippen molar-refractivity contribution >= 4 is 22.6 Å². The van der Waals surface area contributed by atoms with E-state index in [0.717, 1.165) is 17.9 Å². The lowest BCUT2D eigenvalue weighted by atomic mass is 9.83. The lowest BCUT2D eigenvalue weighted by molar-refractivity contribution is 0.318. The molecule has 1 aromatic rings. The van der Waals surface area contributed by atoms with Crippen LogP contribution in [0.3, 0.4) is 0 Å². The third-order valence-electron chi connectivity index (χ3n) is 5.05. The fraction of sp³-hybridized carbons (Fsp3) is 0.467. The van der Waals surface area contributed by atoms with Gasteiger partial charge in [-0.25, -0.2) is 0 Å². The number of halogens is 1. The molecule has 4 rings (SSSR count). The first-order chi connectivity index (χ1) is 8.25. The minimum Gasteiger partial charge on any atom is -0.290 e. The van der Waals surface area contributed by atoms with Gasteiger partial charge in [-0.1, -0.05) is 65.1 Å². The van der Waals surface area contributed by atoms with E-state index in [9.17, 15) is 0 Å². The van der Waals surface area contributed by atoms with Crippen LogP contribution in [0.4, 0.5) is 0 Å². The minimum atomic E-state index is 0.489. The van der Waals surface area contributed by atoms with Crippen molar-refractivity contribution in [3.8, 4) is 0 Å². The van der Waals surface area contributed by atoms with Crippen molar-refractivity contribution < 1.29 is 0 Å². The molecule has 0 amide bonds. The summed E-state index contributed by atoms with van der Waals surface area (Å²) in [6, 6.07) is 11.8. The molecular formula is C15H16IN. The van der Waals surface area contributed by atoms with Crippen molar-refractivity contribution in [2.24, 2.45) is 11.8 Å². The molecule has 3 aliphatic rings. The highest BCUT2D eigenvalue weighted by atomic mass is 127. The van der Waals surface area contributed by atoms with Crippen LogP contribution in [-0.4, -0.2) is 23.5 Å². The lowest BCUT2D eigenvalue weighted by Gasteiger charge is -2.28. The molecule has 2 fully saturated rings. The summed E-state index contributed by atoms with van der Waals surface area (Å²) in [5.41, 5.74) is 1.98. The monoisotopic (exact) mass is 337 g/mol. The fourth-order valence-electron chi connectivity index (χ4n) is 4.09. The van der Waals surface area contributed by atoms with Crippen molar-refractivity contribution in [2.45, 2.75) is 21.9 Å². The standard InChI is InChI=1S/C15H16IN/c1-17-14-12(9-11-7-8-15(11,14)17)13(16)10-5-3-2-4-6-10/h2-8,11-14H,9H2,1H3. The topological polar surface area (TPSA) is 3.01 Å². The van der Waals surface area contributed by atoms with Crippen LogP contribution in [0.5, 0.6) is 0 Å². The Hall–Kier alpha value is -0.350. The van der Waals surface area contributed by atoms with Gasteiger partial charge in [-0.2, -0.15) is 0 Å². The Kier molecular flexibility index (Phi) is 2.08. The number of likely N-dealkylation sites (N-methyl/N-ethyl adjacent to an activating group) is 1. The number of rotatable bonds is 2. The van der Waals surface area contributed by atoms with E-state index in [2.05, 4.69) is 77.0 Å². The van der Waals surface area contributed by atoms with Crippen LogP contribution in [0.2, 0.25) is 0 Å². The molecule has 17 heavy (non-hydrogen) atoms. The van der Waals surface area contributed by atoms with Gasteiger partial charge >= 0.3 is 0 Å². The first-order valence-electron chi connectivity index (χ1n) is 6.36. The van der Waals surface area contributed by atoms with Gasteiger partial charge < -0.3 is 0 Å². The molecular weight excluding hydrogens is 321 g/mol. The van der Waals surface area contributed by atoms with Crippen LogP contribution in [0.15, 0.2) is 42.5 Å². The van der Waals surface area contributed by atoms with E-state index in [1.807, 2.05) is 0 Å². The normalized spacial score (nSPS) is 46.9. The van der Waals surface area contributed by atoms with Gasteiger partial charge in [-0.05, 0) is 24.9 Å². The lowest BCUT2D eigenvalue weighted by Crippen LogP contribution is -2.29. The quantitative estimate of drug-likeness (QED) is 0.346. The zero-order valence-electron chi connectivity index (χ0n) is 9.88. The first-order valence-corrected chi connectivity index (χ1v) is 7.61. The highest BCUT2D eigenvalue weighted by molar-refractivity contribution is 14.1. The van der Waals surface area contributed by atoms with Gasteiger partial charge in [0.25, 0.3) is 0 Å². The zero-order valence-corrected chi connectivity index (χ0v) is 12.0. The van der Waals surface area contributed by atoms with Gasteiger partial charge in [-0.15, -0.1) is 0 Å². The number of hydrogen-bond acceptors (Lipinski definition) is 1. The SMILES string of the molecule is CN1C2C(C(I)c3ccccc3)CC3C=CC321. The summed E-state index contributed by atoms with van der Waals surface area (Å²) in [7, 11) is 2.29. The van der Waals surface area contributed by atoms with Crippen molar-refractivity contribution in [3.05, 3.63) is 48.0 Å². The highest BCUT2D eigenvalue weighted by Crippen LogP contribution is 2.67. The minimum absolute atomic E-state index is 0.489. The van der Waals surface area contributed by atoms with Gasteiger partial charge in [0.15, 0.2) is 0 Å². The Morgan fingerprint density at radius 1 is 1.35 bits per heavy atom. The third kappa shape index (κ3) is 1.18. The largest absolute Gasteiger partial charge is 0.290 e. The van der Waals surface area contributed by atoms with Crippen molar-refractivity contribution in [2.75, 3.05) is 7.05 Å². The van der Waals surface area contributed by atoms with Crippen LogP contribution in [0.1, 0.15) is 15.9 Å². The van der Waals surface area contributed by atoms with Gasteiger partial charge in [-0.3, -0.25) is 4.90 Å². The number of benzene rings is 1. The molecule has 1 heterocycles. The number of likely N-dealkylation sites (tertiary alicyclic amines) is 1. The third-order valence-corrected chi connectivity index (χ3v) is 6.69. The number of hydrogen-bond donors (Lipinski definition) is 0. The molecule has 1 aromatic carbocycles. The fourth-order valence-corrected chi connectivity index (χ4v) is 5.20. The van der Waals surface area contributed by atoms with Gasteiger partial charge in [0.1, 0.15) is 0 Å². The van der Waals surface area contributed by atoms with E-state index in [1.165, 1.54) is 12.0 Å². The predicted octanol–water partition coefficient (Wildman–Crippen LogP) is 3.42. The molecule has 88 valence electrons. The maximum Gasteiger partial charge on any atom is 0.0615 e.